The van der Waals surface area contributed by atoms with Crippen LogP contribution in [0.2, 0.25) is 0 Å². The number of morpholine rings is 1. The molecule has 0 saturated carbocycles. The van der Waals surface area contributed by atoms with Gasteiger partial charge in [0, 0.05) is 32.7 Å². The van der Waals surface area contributed by atoms with E-state index in [1.165, 1.54) is 0 Å². The molecule has 0 spiro atoms. The van der Waals surface area contributed by atoms with Crippen LogP contribution in [0.4, 0.5) is 0 Å². The van der Waals surface area contributed by atoms with E-state index in [4.69, 9.17) is 9.47 Å². The molecule has 1 aliphatic heterocycles. The molecule has 5 nitrogen and oxygen atoms in total. The molecular formula is C15H24N2O3. The van der Waals surface area contributed by atoms with E-state index in [2.05, 4.69) is 10.2 Å². The summed E-state index contributed by atoms with van der Waals surface area (Å²) in [5.74, 6) is 0.754. The second kappa shape index (κ2) is 8.09. The fourth-order valence-corrected chi connectivity index (χ4v) is 2.23. The van der Waals surface area contributed by atoms with Crippen LogP contribution in [0.3, 0.4) is 0 Å². The lowest BCUT2D eigenvalue weighted by Gasteiger charge is -2.26. The van der Waals surface area contributed by atoms with Crippen LogP contribution in [0.25, 0.3) is 0 Å². The number of nitrogens with one attached hydrogen (secondary N) is 1. The SMILES string of the molecule is CCOc1cc(CNCCN2CCOCC2)ccc1O. The van der Waals surface area contributed by atoms with Crippen molar-refractivity contribution in [1.82, 2.24) is 10.2 Å². The van der Waals surface area contributed by atoms with Crippen molar-refractivity contribution in [2.45, 2.75) is 13.5 Å². The maximum absolute atomic E-state index is 9.64. The number of hydrogen-bond acceptors (Lipinski definition) is 5. The molecule has 0 aliphatic carbocycles. The van der Waals surface area contributed by atoms with Gasteiger partial charge in [0.1, 0.15) is 0 Å². The zero-order valence-electron chi connectivity index (χ0n) is 12.1. The van der Waals surface area contributed by atoms with Crippen LogP contribution < -0.4 is 10.1 Å². The Morgan fingerprint density at radius 1 is 1.35 bits per heavy atom. The Kier molecular flexibility index (Phi) is 6.11. The van der Waals surface area contributed by atoms with Crippen LogP contribution in [0, 0.1) is 0 Å². The lowest BCUT2D eigenvalue weighted by Crippen LogP contribution is -2.40. The number of ether oxygens (including phenoxy) is 2. The van der Waals surface area contributed by atoms with E-state index >= 15 is 0 Å². The summed E-state index contributed by atoms with van der Waals surface area (Å²) in [4.78, 5) is 2.40. The number of phenolic OH excluding ortho intramolecular Hbond substituents is 1. The fourth-order valence-electron chi connectivity index (χ4n) is 2.23. The zero-order chi connectivity index (χ0) is 14.2. The third kappa shape index (κ3) is 4.67. The van der Waals surface area contributed by atoms with Crippen LogP contribution in [0.5, 0.6) is 11.5 Å². The summed E-state index contributed by atoms with van der Waals surface area (Å²) in [6.45, 7) is 8.97. The van der Waals surface area contributed by atoms with E-state index in [0.717, 1.165) is 51.5 Å². The highest BCUT2D eigenvalue weighted by molar-refractivity contribution is 5.41. The molecule has 0 bridgehead atoms. The molecule has 0 radical (unpaired) electrons. The summed E-state index contributed by atoms with van der Waals surface area (Å²) in [6, 6.07) is 5.49. The second-order valence-electron chi connectivity index (χ2n) is 4.87. The Morgan fingerprint density at radius 3 is 2.90 bits per heavy atom. The van der Waals surface area contributed by atoms with Crippen molar-refractivity contribution in [2.75, 3.05) is 46.0 Å². The molecule has 1 aromatic carbocycles. The minimum Gasteiger partial charge on any atom is -0.504 e. The van der Waals surface area contributed by atoms with Crippen molar-refractivity contribution in [3.63, 3.8) is 0 Å². The molecule has 1 fully saturated rings. The Hall–Kier alpha value is -1.30. The summed E-state index contributed by atoms with van der Waals surface area (Å²) < 4.78 is 10.7. The van der Waals surface area contributed by atoms with Gasteiger partial charge in [0.05, 0.1) is 19.8 Å². The molecule has 2 rings (SSSR count). The first-order valence-electron chi connectivity index (χ1n) is 7.25. The number of benzene rings is 1. The van der Waals surface area contributed by atoms with Crippen LogP contribution in [-0.4, -0.2) is 56.0 Å². The van der Waals surface area contributed by atoms with Crippen molar-refractivity contribution in [3.05, 3.63) is 23.8 Å². The van der Waals surface area contributed by atoms with E-state index in [1.54, 1.807) is 6.07 Å². The smallest absolute Gasteiger partial charge is 0.161 e. The highest BCUT2D eigenvalue weighted by Gasteiger charge is 2.09. The molecule has 0 aromatic heterocycles. The predicted octanol–water partition coefficient (Wildman–Crippen LogP) is 1.21. The van der Waals surface area contributed by atoms with Gasteiger partial charge < -0.3 is 19.9 Å². The third-order valence-corrected chi connectivity index (χ3v) is 3.36. The summed E-state index contributed by atoms with van der Waals surface area (Å²) in [5, 5.41) is 13.1. The van der Waals surface area contributed by atoms with Crippen molar-refractivity contribution >= 4 is 0 Å². The fraction of sp³-hybridized carbons (Fsp3) is 0.600. The number of phenols is 1. The molecular weight excluding hydrogens is 256 g/mol. The second-order valence-corrected chi connectivity index (χ2v) is 4.87. The maximum Gasteiger partial charge on any atom is 0.161 e. The molecule has 112 valence electrons. The number of aromatic hydroxyl groups is 1. The molecule has 2 N–H and O–H groups in total. The first-order chi connectivity index (χ1) is 9.79. The summed E-state index contributed by atoms with van der Waals surface area (Å²) >= 11 is 0. The van der Waals surface area contributed by atoms with Gasteiger partial charge in [-0.3, -0.25) is 4.90 Å². The van der Waals surface area contributed by atoms with Crippen molar-refractivity contribution in [2.24, 2.45) is 0 Å². The molecule has 5 heteroatoms. The maximum atomic E-state index is 9.64. The van der Waals surface area contributed by atoms with Crippen LogP contribution >= 0.6 is 0 Å². The zero-order valence-corrected chi connectivity index (χ0v) is 12.1. The van der Waals surface area contributed by atoms with Gasteiger partial charge in [-0.15, -0.1) is 0 Å². The lowest BCUT2D eigenvalue weighted by atomic mass is 10.2. The Morgan fingerprint density at radius 2 is 2.15 bits per heavy atom. The summed E-state index contributed by atoms with van der Waals surface area (Å²) in [6.07, 6.45) is 0. The number of nitrogens with zero attached hydrogens (tertiary/aromatic N) is 1. The summed E-state index contributed by atoms with van der Waals surface area (Å²) in [5.41, 5.74) is 1.12. The normalized spacial score (nSPS) is 16.2. The predicted molar refractivity (Wildman–Crippen MR) is 78.2 cm³/mol. The van der Waals surface area contributed by atoms with Gasteiger partial charge in [-0.05, 0) is 24.6 Å². The van der Waals surface area contributed by atoms with Gasteiger partial charge in [0.15, 0.2) is 11.5 Å². The highest BCUT2D eigenvalue weighted by Crippen LogP contribution is 2.26. The molecule has 0 unspecified atom stereocenters. The summed E-state index contributed by atoms with van der Waals surface area (Å²) in [7, 11) is 0. The van der Waals surface area contributed by atoms with Gasteiger partial charge in [-0.25, -0.2) is 0 Å². The minimum atomic E-state index is 0.198. The average Bonchev–Trinajstić information content (AvgIpc) is 2.48. The van der Waals surface area contributed by atoms with Crippen LogP contribution in [0.15, 0.2) is 18.2 Å². The Balaban J connectivity index is 1.71. The van der Waals surface area contributed by atoms with E-state index in [9.17, 15) is 5.11 Å². The largest absolute Gasteiger partial charge is 0.504 e. The standard InChI is InChI=1S/C15H24N2O3/c1-2-20-15-11-13(3-4-14(15)18)12-16-5-6-17-7-9-19-10-8-17/h3-4,11,16,18H,2,5-10,12H2,1H3. The van der Waals surface area contributed by atoms with Gasteiger partial charge in [0.25, 0.3) is 0 Å². The molecule has 1 saturated heterocycles. The van der Waals surface area contributed by atoms with Crippen molar-refractivity contribution < 1.29 is 14.6 Å². The lowest BCUT2D eigenvalue weighted by molar-refractivity contribution is 0.0384. The first kappa shape index (κ1) is 15.1. The van der Waals surface area contributed by atoms with E-state index < -0.39 is 0 Å². The van der Waals surface area contributed by atoms with Gasteiger partial charge in [-0.2, -0.15) is 0 Å². The van der Waals surface area contributed by atoms with Crippen LogP contribution in [-0.2, 0) is 11.3 Å². The number of rotatable bonds is 7. The molecule has 0 amide bonds. The van der Waals surface area contributed by atoms with Gasteiger partial charge >= 0.3 is 0 Å². The first-order valence-corrected chi connectivity index (χ1v) is 7.25. The molecule has 1 heterocycles. The van der Waals surface area contributed by atoms with E-state index in [0.29, 0.717) is 12.4 Å². The van der Waals surface area contributed by atoms with Gasteiger partial charge in [-0.1, -0.05) is 6.07 Å². The molecule has 0 atom stereocenters. The Labute approximate surface area is 120 Å². The highest BCUT2D eigenvalue weighted by atomic mass is 16.5. The molecule has 20 heavy (non-hydrogen) atoms. The third-order valence-electron chi connectivity index (χ3n) is 3.36. The topological polar surface area (TPSA) is 54.0 Å². The van der Waals surface area contributed by atoms with E-state index in [1.807, 2.05) is 19.1 Å². The monoisotopic (exact) mass is 280 g/mol. The Bertz CT molecular complexity index is 406. The van der Waals surface area contributed by atoms with Gasteiger partial charge in [0.2, 0.25) is 0 Å². The van der Waals surface area contributed by atoms with Crippen molar-refractivity contribution in [1.29, 1.82) is 0 Å². The van der Waals surface area contributed by atoms with E-state index in [-0.39, 0.29) is 5.75 Å². The molecule has 1 aromatic rings. The van der Waals surface area contributed by atoms with Crippen LogP contribution in [0.1, 0.15) is 12.5 Å². The molecule has 1 aliphatic rings. The minimum absolute atomic E-state index is 0.198. The average molecular weight is 280 g/mol. The number of hydrogen-bond donors (Lipinski definition) is 2. The van der Waals surface area contributed by atoms with Crippen molar-refractivity contribution in [3.8, 4) is 11.5 Å². The quantitative estimate of drug-likeness (QED) is 0.735.